The van der Waals surface area contributed by atoms with Gasteiger partial charge in [-0.3, -0.25) is 4.79 Å². The van der Waals surface area contributed by atoms with Crippen LogP contribution in [0.3, 0.4) is 0 Å². The van der Waals surface area contributed by atoms with Gasteiger partial charge in [-0.25, -0.2) is 0 Å². The molecule has 2 aromatic carbocycles. The van der Waals surface area contributed by atoms with Crippen LogP contribution in [0.25, 0.3) is 10.9 Å². The molecule has 2 aromatic heterocycles. The molecule has 4 aromatic rings. The van der Waals surface area contributed by atoms with E-state index in [1.165, 1.54) is 15.3 Å². The third-order valence-corrected chi connectivity index (χ3v) is 7.96. The van der Waals surface area contributed by atoms with Crippen LogP contribution in [-0.4, -0.2) is 36.1 Å². The molecule has 0 spiro atoms. The van der Waals surface area contributed by atoms with E-state index in [-0.39, 0.29) is 11.9 Å². The van der Waals surface area contributed by atoms with E-state index in [1.54, 1.807) is 14.2 Å². The van der Waals surface area contributed by atoms with Crippen LogP contribution in [0.5, 0.6) is 11.5 Å². The van der Waals surface area contributed by atoms with Crippen LogP contribution < -0.4 is 9.47 Å². The molecule has 1 unspecified atom stereocenters. The van der Waals surface area contributed by atoms with Gasteiger partial charge in [0.2, 0.25) is 0 Å². The fraction of sp³-hybridized carbons (Fsp3) is 0.321. The predicted molar refractivity (Wildman–Crippen MR) is 137 cm³/mol. The molecule has 1 amide bonds. The zero-order valence-electron chi connectivity index (χ0n) is 20.1. The SMILES string of the molecule is CCn1cc(C(=O)N2CCc3cc(C)sc3C2Cc2ccc(OC)c(OC)c2)c2ccccc21. The number of nitrogens with zero attached hydrogens (tertiary/aromatic N) is 2. The van der Waals surface area contributed by atoms with Gasteiger partial charge in [0.1, 0.15) is 0 Å². The molecule has 0 saturated carbocycles. The molecular formula is C28H30N2O3S. The number of para-hydroxylation sites is 1. The number of ether oxygens (including phenoxy) is 2. The number of thiophene rings is 1. The van der Waals surface area contributed by atoms with Gasteiger partial charge in [0.15, 0.2) is 11.5 Å². The number of carbonyl (C=O) groups excluding carboxylic acids is 1. The van der Waals surface area contributed by atoms with E-state index >= 15 is 0 Å². The summed E-state index contributed by atoms with van der Waals surface area (Å²) in [5.41, 5.74) is 4.38. The Bertz CT molecular complexity index is 1350. The summed E-state index contributed by atoms with van der Waals surface area (Å²) in [6.07, 6.45) is 3.64. The quantitative estimate of drug-likeness (QED) is 0.343. The summed E-state index contributed by atoms with van der Waals surface area (Å²) in [6.45, 7) is 5.81. The number of aromatic nitrogens is 1. The number of aryl methyl sites for hydroxylation is 2. The normalized spacial score (nSPS) is 15.4. The number of hydrogen-bond acceptors (Lipinski definition) is 4. The number of benzene rings is 2. The highest BCUT2D eigenvalue weighted by Crippen LogP contribution is 2.40. The Balaban J connectivity index is 1.56. The van der Waals surface area contributed by atoms with E-state index in [2.05, 4.69) is 47.6 Å². The van der Waals surface area contributed by atoms with Crippen LogP contribution in [0.2, 0.25) is 0 Å². The molecule has 5 rings (SSSR count). The van der Waals surface area contributed by atoms with Gasteiger partial charge < -0.3 is 18.9 Å². The molecule has 0 radical (unpaired) electrons. The van der Waals surface area contributed by atoms with Crippen LogP contribution in [0.1, 0.15) is 44.2 Å². The highest BCUT2D eigenvalue weighted by Gasteiger charge is 2.34. The van der Waals surface area contributed by atoms with Crippen molar-refractivity contribution < 1.29 is 14.3 Å². The summed E-state index contributed by atoms with van der Waals surface area (Å²) in [4.78, 5) is 18.7. The summed E-state index contributed by atoms with van der Waals surface area (Å²) in [5.74, 6) is 1.52. The standard InChI is InChI=1S/C28H30N2O3S/c1-5-29-17-22(21-8-6-7-9-23(21)29)28(31)30-13-12-20-14-18(2)34-27(20)24(30)15-19-10-11-25(32-3)26(16-19)33-4/h6-11,14,16-17,24H,5,12-13,15H2,1-4H3. The Kier molecular flexibility index (Phi) is 6.09. The number of fused-ring (bicyclic) bond motifs is 2. The Labute approximate surface area is 204 Å². The molecule has 34 heavy (non-hydrogen) atoms. The van der Waals surface area contributed by atoms with Crippen LogP contribution in [0.15, 0.2) is 54.7 Å². The maximum atomic E-state index is 14.1. The largest absolute Gasteiger partial charge is 0.493 e. The van der Waals surface area contributed by atoms with Gasteiger partial charge in [0.05, 0.1) is 25.8 Å². The van der Waals surface area contributed by atoms with Gasteiger partial charge in [-0.1, -0.05) is 24.3 Å². The Hall–Kier alpha value is -3.25. The minimum atomic E-state index is -0.0169. The summed E-state index contributed by atoms with van der Waals surface area (Å²) < 4.78 is 13.1. The second-order valence-electron chi connectivity index (χ2n) is 8.75. The predicted octanol–water partition coefficient (Wildman–Crippen LogP) is 6.03. The van der Waals surface area contributed by atoms with Crippen molar-refractivity contribution in [1.82, 2.24) is 9.47 Å². The summed E-state index contributed by atoms with van der Waals surface area (Å²) >= 11 is 1.81. The van der Waals surface area contributed by atoms with Crippen molar-refractivity contribution in [3.63, 3.8) is 0 Å². The number of carbonyl (C=O) groups is 1. The van der Waals surface area contributed by atoms with Crippen molar-refractivity contribution in [3.8, 4) is 11.5 Å². The number of hydrogen-bond donors (Lipinski definition) is 0. The van der Waals surface area contributed by atoms with Crippen molar-refractivity contribution in [2.45, 2.75) is 39.3 Å². The Morgan fingerprint density at radius 3 is 2.65 bits per heavy atom. The maximum absolute atomic E-state index is 14.1. The molecule has 176 valence electrons. The Morgan fingerprint density at radius 2 is 1.88 bits per heavy atom. The topological polar surface area (TPSA) is 43.7 Å². The molecular weight excluding hydrogens is 444 g/mol. The first-order valence-electron chi connectivity index (χ1n) is 11.7. The molecule has 0 bridgehead atoms. The van der Waals surface area contributed by atoms with E-state index in [0.29, 0.717) is 18.0 Å². The lowest BCUT2D eigenvalue weighted by atomic mass is 9.94. The van der Waals surface area contributed by atoms with Gasteiger partial charge in [-0.15, -0.1) is 11.3 Å². The Morgan fingerprint density at radius 1 is 1.09 bits per heavy atom. The van der Waals surface area contributed by atoms with Gasteiger partial charge in [0.25, 0.3) is 5.91 Å². The highest BCUT2D eigenvalue weighted by atomic mass is 32.1. The lowest BCUT2D eigenvalue weighted by molar-refractivity contribution is 0.0666. The van der Waals surface area contributed by atoms with Crippen LogP contribution in [0, 0.1) is 6.92 Å². The van der Waals surface area contributed by atoms with Gasteiger partial charge in [-0.05, 0) is 62.1 Å². The van der Waals surface area contributed by atoms with E-state index in [4.69, 9.17) is 9.47 Å². The molecule has 6 heteroatoms. The molecule has 0 saturated heterocycles. The van der Waals surface area contributed by atoms with Crippen LogP contribution in [0.4, 0.5) is 0 Å². The molecule has 5 nitrogen and oxygen atoms in total. The van der Waals surface area contributed by atoms with Crippen molar-refractivity contribution in [2.24, 2.45) is 0 Å². The zero-order chi connectivity index (χ0) is 23.8. The molecule has 1 aliphatic heterocycles. The molecule has 1 atom stereocenters. The highest BCUT2D eigenvalue weighted by molar-refractivity contribution is 7.12. The van der Waals surface area contributed by atoms with Gasteiger partial charge in [0, 0.05) is 39.9 Å². The third-order valence-electron chi connectivity index (χ3n) is 6.76. The lowest BCUT2D eigenvalue weighted by Gasteiger charge is -2.36. The smallest absolute Gasteiger partial charge is 0.256 e. The lowest BCUT2D eigenvalue weighted by Crippen LogP contribution is -2.40. The molecule has 0 aliphatic carbocycles. The van der Waals surface area contributed by atoms with Crippen LogP contribution >= 0.6 is 11.3 Å². The second-order valence-corrected chi connectivity index (χ2v) is 10.0. The van der Waals surface area contributed by atoms with E-state index in [9.17, 15) is 4.79 Å². The van der Waals surface area contributed by atoms with Crippen LogP contribution in [-0.2, 0) is 19.4 Å². The van der Waals surface area contributed by atoms with Crippen molar-refractivity contribution in [1.29, 1.82) is 0 Å². The number of rotatable bonds is 6. The number of methoxy groups -OCH3 is 2. The third kappa shape index (κ3) is 3.86. The summed E-state index contributed by atoms with van der Waals surface area (Å²) in [6, 6.07) is 16.5. The second kappa shape index (κ2) is 9.18. The zero-order valence-corrected chi connectivity index (χ0v) is 20.9. The molecule has 3 heterocycles. The summed E-state index contributed by atoms with van der Waals surface area (Å²) in [7, 11) is 3.30. The minimum absolute atomic E-state index is 0.0169. The summed E-state index contributed by atoms with van der Waals surface area (Å²) in [5, 5.41) is 1.02. The number of amides is 1. The molecule has 1 aliphatic rings. The molecule has 0 fully saturated rings. The maximum Gasteiger partial charge on any atom is 0.256 e. The fourth-order valence-corrected chi connectivity index (χ4v) is 6.30. The van der Waals surface area contributed by atoms with Crippen molar-refractivity contribution >= 4 is 28.1 Å². The average molecular weight is 475 g/mol. The first-order chi connectivity index (χ1) is 16.5. The van der Waals surface area contributed by atoms with Crippen molar-refractivity contribution in [3.05, 3.63) is 81.2 Å². The first-order valence-corrected chi connectivity index (χ1v) is 12.5. The molecule has 0 N–H and O–H groups in total. The van der Waals surface area contributed by atoms with E-state index in [0.717, 1.165) is 41.4 Å². The fourth-order valence-electron chi connectivity index (χ4n) is 5.11. The van der Waals surface area contributed by atoms with Gasteiger partial charge in [-0.2, -0.15) is 0 Å². The first kappa shape index (κ1) is 22.5. The average Bonchev–Trinajstić information content (AvgIpc) is 3.43. The van der Waals surface area contributed by atoms with Gasteiger partial charge >= 0.3 is 0 Å². The minimum Gasteiger partial charge on any atom is -0.493 e. The van der Waals surface area contributed by atoms with E-state index in [1.807, 2.05) is 41.8 Å². The van der Waals surface area contributed by atoms with Crippen molar-refractivity contribution in [2.75, 3.05) is 20.8 Å². The van der Waals surface area contributed by atoms with E-state index < -0.39 is 0 Å². The monoisotopic (exact) mass is 474 g/mol.